The topological polar surface area (TPSA) is 44.4 Å². The number of nitrogens with zero attached hydrogens (tertiary/aromatic N) is 1. The number of carbonyl (C=O) groups is 1. The molecule has 0 spiro atoms. The number of rotatable bonds is 3. The van der Waals surface area contributed by atoms with E-state index in [4.69, 9.17) is 0 Å². The number of hydrogen-bond donors (Lipinski definition) is 2. The maximum atomic E-state index is 12.0. The lowest BCUT2D eigenvalue weighted by molar-refractivity contribution is -0.131. The molecule has 0 aromatic heterocycles. The molecule has 1 atom stereocenters. The van der Waals surface area contributed by atoms with E-state index < -0.39 is 0 Å². The van der Waals surface area contributed by atoms with Crippen LogP contribution in [-0.4, -0.2) is 49.6 Å². The Labute approximate surface area is 104 Å². The Morgan fingerprint density at radius 1 is 1.12 bits per heavy atom. The van der Waals surface area contributed by atoms with Crippen LogP contribution in [0.2, 0.25) is 0 Å². The number of hydrogen-bond acceptors (Lipinski definition) is 3. The average Bonchev–Trinajstić information content (AvgIpc) is 2.65. The first-order valence-electron chi connectivity index (χ1n) is 7.08. The van der Waals surface area contributed by atoms with Gasteiger partial charge in [-0.2, -0.15) is 0 Å². The lowest BCUT2D eigenvalue weighted by atomic mass is 10.1. The van der Waals surface area contributed by atoms with Gasteiger partial charge < -0.3 is 15.5 Å². The predicted octanol–water partition coefficient (Wildman–Crippen LogP) is 0.731. The van der Waals surface area contributed by atoms with Crippen molar-refractivity contribution in [1.82, 2.24) is 15.5 Å². The fourth-order valence-electron chi connectivity index (χ4n) is 2.71. The van der Waals surface area contributed by atoms with Gasteiger partial charge in [0, 0.05) is 19.1 Å². The van der Waals surface area contributed by atoms with Crippen molar-refractivity contribution in [3.63, 3.8) is 0 Å². The summed E-state index contributed by atoms with van der Waals surface area (Å²) >= 11 is 0. The van der Waals surface area contributed by atoms with Crippen molar-refractivity contribution in [1.29, 1.82) is 0 Å². The first kappa shape index (κ1) is 12.8. The standard InChI is InChI=1S/C13H25N3O/c17-13(16-9-2-1-3-10-16)11-15-12-5-4-7-14-8-6-12/h12,14-15H,1-11H2. The molecule has 98 valence electrons. The fraction of sp³-hybridized carbons (Fsp3) is 0.923. The van der Waals surface area contributed by atoms with E-state index in [2.05, 4.69) is 10.6 Å². The van der Waals surface area contributed by atoms with Crippen LogP contribution in [0.15, 0.2) is 0 Å². The Balaban J connectivity index is 1.67. The van der Waals surface area contributed by atoms with E-state index in [9.17, 15) is 4.79 Å². The van der Waals surface area contributed by atoms with Gasteiger partial charge in [0.15, 0.2) is 0 Å². The highest BCUT2D eigenvalue weighted by molar-refractivity contribution is 5.78. The third kappa shape index (κ3) is 4.28. The molecule has 0 aromatic carbocycles. The van der Waals surface area contributed by atoms with Gasteiger partial charge >= 0.3 is 0 Å². The molecule has 4 nitrogen and oxygen atoms in total. The maximum Gasteiger partial charge on any atom is 0.236 e. The third-order valence-electron chi connectivity index (χ3n) is 3.83. The molecule has 2 aliphatic rings. The quantitative estimate of drug-likeness (QED) is 0.763. The molecule has 17 heavy (non-hydrogen) atoms. The van der Waals surface area contributed by atoms with Gasteiger partial charge in [-0.25, -0.2) is 0 Å². The minimum Gasteiger partial charge on any atom is -0.342 e. The van der Waals surface area contributed by atoms with E-state index in [1.165, 1.54) is 32.1 Å². The van der Waals surface area contributed by atoms with Gasteiger partial charge in [0.25, 0.3) is 0 Å². The smallest absolute Gasteiger partial charge is 0.236 e. The van der Waals surface area contributed by atoms with Crippen molar-refractivity contribution >= 4 is 5.91 Å². The number of carbonyl (C=O) groups excluding carboxylic acids is 1. The van der Waals surface area contributed by atoms with Gasteiger partial charge in [0.1, 0.15) is 0 Å². The van der Waals surface area contributed by atoms with Gasteiger partial charge in [0.2, 0.25) is 5.91 Å². The van der Waals surface area contributed by atoms with Crippen LogP contribution in [0, 0.1) is 0 Å². The summed E-state index contributed by atoms with van der Waals surface area (Å²) in [6.07, 6.45) is 7.20. The molecule has 0 saturated carbocycles. The Hall–Kier alpha value is -0.610. The Bertz CT molecular complexity index is 231. The predicted molar refractivity (Wildman–Crippen MR) is 68.9 cm³/mol. The van der Waals surface area contributed by atoms with Gasteiger partial charge in [0.05, 0.1) is 6.54 Å². The molecule has 2 heterocycles. The van der Waals surface area contributed by atoms with E-state index in [1.54, 1.807) is 0 Å². The van der Waals surface area contributed by atoms with Crippen molar-refractivity contribution in [2.45, 2.75) is 44.6 Å². The molecule has 1 amide bonds. The zero-order valence-electron chi connectivity index (χ0n) is 10.7. The highest BCUT2D eigenvalue weighted by atomic mass is 16.2. The van der Waals surface area contributed by atoms with Gasteiger partial charge in [-0.3, -0.25) is 4.79 Å². The number of nitrogens with one attached hydrogen (secondary N) is 2. The molecule has 2 fully saturated rings. The highest BCUT2D eigenvalue weighted by Crippen LogP contribution is 2.09. The minimum absolute atomic E-state index is 0.293. The highest BCUT2D eigenvalue weighted by Gasteiger charge is 2.18. The molecule has 2 aliphatic heterocycles. The summed E-state index contributed by atoms with van der Waals surface area (Å²) in [5, 5.41) is 6.82. The van der Waals surface area contributed by atoms with Crippen LogP contribution in [0.4, 0.5) is 0 Å². The fourth-order valence-corrected chi connectivity index (χ4v) is 2.71. The molecule has 4 heteroatoms. The Morgan fingerprint density at radius 3 is 2.76 bits per heavy atom. The Morgan fingerprint density at radius 2 is 1.94 bits per heavy atom. The normalized spacial score (nSPS) is 26.6. The average molecular weight is 239 g/mol. The van der Waals surface area contributed by atoms with Gasteiger partial charge in [-0.1, -0.05) is 0 Å². The second-order valence-electron chi connectivity index (χ2n) is 5.20. The molecule has 2 saturated heterocycles. The summed E-state index contributed by atoms with van der Waals surface area (Å²) in [6, 6.07) is 0.527. The number of likely N-dealkylation sites (tertiary alicyclic amines) is 1. The molecule has 0 radical (unpaired) electrons. The molecular weight excluding hydrogens is 214 g/mol. The lowest BCUT2D eigenvalue weighted by Crippen LogP contribution is -2.43. The van der Waals surface area contributed by atoms with Crippen molar-refractivity contribution < 1.29 is 4.79 Å². The minimum atomic E-state index is 0.293. The van der Waals surface area contributed by atoms with Crippen LogP contribution >= 0.6 is 0 Å². The Kier molecular flexibility index (Phi) is 5.26. The van der Waals surface area contributed by atoms with E-state index in [1.807, 2.05) is 4.90 Å². The molecule has 2 rings (SSSR count). The second kappa shape index (κ2) is 6.97. The van der Waals surface area contributed by atoms with E-state index in [0.29, 0.717) is 18.5 Å². The van der Waals surface area contributed by atoms with Gasteiger partial charge in [-0.05, 0) is 51.6 Å². The summed E-state index contributed by atoms with van der Waals surface area (Å²) in [5.41, 5.74) is 0. The van der Waals surface area contributed by atoms with Crippen molar-refractivity contribution in [3.05, 3.63) is 0 Å². The molecule has 0 aromatic rings. The summed E-state index contributed by atoms with van der Waals surface area (Å²) < 4.78 is 0. The van der Waals surface area contributed by atoms with Crippen molar-refractivity contribution in [3.8, 4) is 0 Å². The molecular formula is C13H25N3O. The molecule has 0 aliphatic carbocycles. The van der Waals surface area contributed by atoms with Crippen LogP contribution in [0.3, 0.4) is 0 Å². The first-order chi connectivity index (χ1) is 8.36. The molecule has 1 unspecified atom stereocenters. The maximum absolute atomic E-state index is 12.0. The van der Waals surface area contributed by atoms with Crippen molar-refractivity contribution in [2.24, 2.45) is 0 Å². The molecule has 2 N–H and O–H groups in total. The van der Waals surface area contributed by atoms with E-state index in [-0.39, 0.29) is 0 Å². The van der Waals surface area contributed by atoms with Gasteiger partial charge in [-0.15, -0.1) is 0 Å². The summed E-state index contributed by atoms with van der Waals surface area (Å²) in [6.45, 7) is 4.66. The van der Waals surface area contributed by atoms with Crippen LogP contribution in [0.1, 0.15) is 38.5 Å². The third-order valence-corrected chi connectivity index (χ3v) is 3.83. The van der Waals surface area contributed by atoms with Crippen LogP contribution < -0.4 is 10.6 Å². The zero-order valence-corrected chi connectivity index (χ0v) is 10.7. The number of piperidine rings is 1. The van der Waals surface area contributed by atoms with Crippen LogP contribution in [-0.2, 0) is 4.79 Å². The zero-order chi connectivity index (χ0) is 11.9. The first-order valence-corrected chi connectivity index (χ1v) is 7.08. The summed E-state index contributed by atoms with van der Waals surface area (Å²) in [7, 11) is 0. The lowest BCUT2D eigenvalue weighted by Gasteiger charge is -2.27. The summed E-state index contributed by atoms with van der Waals surface area (Å²) in [4.78, 5) is 14.0. The van der Waals surface area contributed by atoms with Crippen LogP contribution in [0.25, 0.3) is 0 Å². The van der Waals surface area contributed by atoms with E-state index >= 15 is 0 Å². The van der Waals surface area contributed by atoms with E-state index in [0.717, 1.165) is 32.6 Å². The largest absolute Gasteiger partial charge is 0.342 e. The SMILES string of the molecule is O=C(CNC1CCCNCC1)N1CCCCC1. The monoisotopic (exact) mass is 239 g/mol. The second-order valence-corrected chi connectivity index (χ2v) is 5.20. The summed E-state index contributed by atoms with van der Waals surface area (Å²) in [5.74, 6) is 0.293. The van der Waals surface area contributed by atoms with Crippen molar-refractivity contribution in [2.75, 3.05) is 32.7 Å². The van der Waals surface area contributed by atoms with Crippen LogP contribution in [0.5, 0.6) is 0 Å². The number of amides is 1. The molecule has 0 bridgehead atoms.